The van der Waals surface area contributed by atoms with Gasteiger partial charge in [-0.1, -0.05) is 30.3 Å². The molecule has 0 aromatic heterocycles. The Morgan fingerprint density at radius 2 is 1.94 bits per heavy atom. The van der Waals surface area contributed by atoms with Crippen LogP contribution in [0.1, 0.15) is 30.1 Å². The van der Waals surface area contributed by atoms with Crippen LogP contribution in [0.3, 0.4) is 0 Å². The number of Topliss-reactive ketones (excluding diaryl/α,β-unsaturated/α-hetero) is 1. The Hall–Kier alpha value is -1.19. The van der Waals surface area contributed by atoms with Crippen LogP contribution in [0, 0.1) is 0 Å². The SMILES string of the molecule is CC(O)CCN(C)CCC(=O)c1ccccc1. The summed E-state index contributed by atoms with van der Waals surface area (Å²) >= 11 is 0. The quantitative estimate of drug-likeness (QED) is 0.734. The number of carbonyl (C=O) groups is 1. The highest BCUT2D eigenvalue weighted by Gasteiger charge is 2.07. The zero-order chi connectivity index (χ0) is 12.7. The highest BCUT2D eigenvalue weighted by molar-refractivity contribution is 5.96. The zero-order valence-electron chi connectivity index (χ0n) is 10.6. The van der Waals surface area contributed by atoms with E-state index >= 15 is 0 Å². The van der Waals surface area contributed by atoms with E-state index in [1.54, 1.807) is 6.92 Å². The fourth-order valence-corrected chi connectivity index (χ4v) is 1.58. The maximum atomic E-state index is 11.8. The largest absolute Gasteiger partial charge is 0.393 e. The Bertz CT molecular complexity index is 335. The van der Waals surface area contributed by atoms with E-state index in [1.807, 2.05) is 37.4 Å². The van der Waals surface area contributed by atoms with Gasteiger partial charge in [0.2, 0.25) is 0 Å². The van der Waals surface area contributed by atoms with E-state index in [2.05, 4.69) is 4.90 Å². The number of hydrogen-bond donors (Lipinski definition) is 1. The molecule has 94 valence electrons. The lowest BCUT2D eigenvalue weighted by Crippen LogP contribution is -2.25. The van der Waals surface area contributed by atoms with E-state index in [0.717, 1.165) is 25.1 Å². The van der Waals surface area contributed by atoms with Gasteiger partial charge in [-0.05, 0) is 20.4 Å². The average molecular weight is 235 g/mol. The Morgan fingerprint density at radius 3 is 2.53 bits per heavy atom. The lowest BCUT2D eigenvalue weighted by Gasteiger charge is -2.16. The van der Waals surface area contributed by atoms with Gasteiger partial charge >= 0.3 is 0 Å². The summed E-state index contributed by atoms with van der Waals surface area (Å²) in [5, 5.41) is 9.16. The molecule has 0 spiro atoms. The van der Waals surface area contributed by atoms with Crippen molar-refractivity contribution in [3.05, 3.63) is 35.9 Å². The molecule has 0 fully saturated rings. The molecule has 1 unspecified atom stereocenters. The van der Waals surface area contributed by atoms with Crippen LogP contribution in [0.2, 0.25) is 0 Å². The maximum Gasteiger partial charge on any atom is 0.164 e. The number of aliphatic hydroxyl groups is 1. The van der Waals surface area contributed by atoms with Gasteiger partial charge < -0.3 is 10.0 Å². The number of hydrogen-bond acceptors (Lipinski definition) is 3. The molecule has 0 heterocycles. The van der Waals surface area contributed by atoms with Crippen LogP contribution in [-0.2, 0) is 0 Å². The standard InChI is InChI=1S/C14H21NO2/c1-12(16)8-10-15(2)11-9-14(17)13-6-4-3-5-7-13/h3-7,12,16H,8-11H2,1-2H3. The normalized spacial score (nSPS) is 12.7. The van der Waals surface area contributed by atoms with Crippen molar-refractivity contribution in [3.8, 4) is 0 Å². The number of aliphatic hydroxyl groups excluding tert-OH is 1. The molecule has 0 aliphatic heterocycles. The van der Waals surface area contributed by atoms with Crippen LogP contribution < -0.4 is 0 Å². The van der Waals surface area contributed by atoms with E-state index in [0.29, 0.717) is 6.42 Å². The molecule has 0 radical (unpaired) electrons. The van der Waals surface area contributed by atoms with Crippen LogP contribution in [0.15, 0.2) is 30.3 Å². The Kier molecular flexibility index (Phi) is 5.87. The van der Waals surface area contributed by atoms with Gasteiger partial charge in [0.05, 0.1) is 6.10 Å². The van der Waals surface area contributed by atoms with Gasteiger partial charge in [0.1, 0.15) is 0 Å². The smallest absolute Gasteiger partial charge is 0.164 e. The summed E-state index contributed by atoms with van der Waals surface area (Å²) in [5.74, 6) is 0.175. The molecule has 0 aliphatic carbocycles. The van der Waals surface area contributed by atoms with Crippen molar-refractivity contribution in [2.45, 2.75) is 25.9 Å². The van der Waals surface area contributed by atoms with Gasteiger partial charge in [0.15, 0.2) is 5.78 Å². The first-order valence-corrected chi connectivity index (χ1v) is 6.04. The molecule has 0 saturated heterocycles. The third-order valence-corrected chi connectivity index (χ3v) is 2.74. The fraction of sp³-hybridized carbons (Fsp3) is 0.500. The van der Waals surface area contributed by atoms with Crippen LogP contribution in [0.4, 0.5) is 0 Å². The topological polar surface area (TPSA) is 40.5 Å². The van der Waals surface area contributed by atoms with Crippen molar-refractivity contribution in [1.29, 1.82) is 0 Å². The maximum absolute atomic E-state index is 11.8. The van der Waals surface area contributed by atoms with E-state index < -0.39 is 0 Å². The van der Waals surface area contributed by atoms with Crippen LogP contribution >= 0.6 is 0 Å². The lowest BCUT2D eigenvalue weighted by molar-refractivity contribution is 0.0965. The predicted molar refractivity (Wildman–Crippen MR) is 69.2 cm³/mol. The first-order chi connectivity index (χ1) is 8.09. The number of ketones is 1. The number of benzene rings is 1. The molecular formula is C14H21NO2. The molecule has 0 amide bonds. The molecular weight excluding hydrogens is 214 g/mol. The Labute approximate surface area is 103 Å². The van der Waals surface area contributed by atoms with Crippen molar-refractivity contribution in [3.63, 3.8) is 0 Å². The van der Waals surface area contributed by atoms with Crippen molar-refractivity contribution in [2.24, 2.45) is 0 Å². The molecule has 1 rings (SSSR count). The van der Waals surface area contributed by atoms with Crippen LogP contribution in [0.5, 0.6) is 0 Å². The summed E-state index contributed by atoms with van der Waals surface area (Å²) in [5.41, 5.74) is 0.774. The van der Waals surface area contributed by atoms with Crippen molar-refractivity contribution in [1.82, 2.24) is 4.90 Å². The minimum Gasteiger partial charge on any atom is -0.393 e. The molecule has 17 heavy (non-hydrogen) atoms. The van der Waals surface area contributed by atoms with E-state index in [9.17, 15) is 4.79 Å². The summed E-state index contributed by atoms with van der Waals surface area (Å²) in [7, 11) is 1.97. The van der Waals surface area contributed by atoms with Crippen LogP contribution in [-0.4, -0.2) is 42.0 Å². The number of carbonyl (C=O) groups excluding carboxylic acids is 1. The molecule has 3 heteroatoms. The zero-order valence-corrected chi connectivity index (χ0v) is 10.6. The minimum atomic E-state index is -0.276. The van der Waals surface area contributed by atoms with E-state index in [-0.39, 0.29) is 11.9 Å². The van der Waals surface area contributed by atoms with E-state index in [4.69, 9.17) is 5.11 Å². The van der Waals surface area contributed by atoms with Crippen molar-refractivity contribution >= 4 is 5.78 Å². The second kappa shape index (κ2) is 7.20. The fourth-order valence-electron chi connectivity index (χ4n) is 1.58. The molecule has 1 aromatic rings. The highest BCUT2D eigenvalue weighted by atomic mass is 16.3. The van der Waals surface area contributed by atoms with Gasteiger partial charge in [0, 0.05) is 25.1 Å². The minimum absolute atomic E-state index is 0.175. The number of rotatable bonds is 7. The highest BCUT2D eigenvalue weighted by Crippen LogP contribution is 2.04. The summed E-state index contributed by atoms with van der Waals surface area (Å²) in [6.07, 6.45) is 0.998. The summed E-state index contributed by atoms with van der Waals surface area (Å²) in [4.78, 5) is 13.9. The predicted octanol–water partition coefficient (Wildman–Crippen LogP) is 1.96. The molecule has 1 aromatic carbocycles. The van der Waals surface area contributed by atoms with Crippen LogP contribution in [0.25, 0.3) is 0 Å². The van der Waals surface area contributed by atoms with Gasteiger partial charge in [-0.15, -0.1) is 0 Å². The second-order valence-corrected chi connectivity index (χ2v) is 4.48. The monoisotopic (exact) mass is 235 g/mol. The first-order valence-electron chi connectivity index (χ1n) is 6.04. The second-order valence-electron chi connectivity index (χ2n) is 4.48. The van der Waals surface area contributed by atoms with Gasteiger partial charge in [0.25, 0.3) is 0 Å². The Morgan fingerprint density at radius 1 is 1.29 bits per heavy atom. The third kappa shape index (κ3) is 5.61. The van der Waals surface area contributed by atoms with E-state index in [1.165, 1.54) is 0 Å². The third-order valence-electron chi connectivity index (χ3n) is 2.74. The molecule has 0 aliphatic rings. The molecule has 0 saturated carbocycles. The van der Waals surface area contributed by atoms with Crippen molar-refractivity contribution in [2.75, 3.05) is 20.1 Å². The van der Waals surface area contributed by atoms with Gasteiger partial charge in [-0.2, -0.15) is 0 Å². The summed E-state index contributed by atoms with van der Waals surface area (Å²) in [6.45, 7) is 3.34. The lowest BCUT2D eigenvalue weighted by atomic mass is 10.1. The summed E-state index contributed by atoms with van der Waals surface area (Å²) < 4.78 is 0. The molecule has 3 nitrogen and oxygen atoms in total. The number of nitrogens with zero attached hydrogens (tertiary/aromatic N) is 1. The van der Waals surface area contributed by atoms with Gasteiger partial charge in [-0.25, -0.2) is 0 Å². The molecule has 1 N–H and O–H groups in total. The summed E-state index contributed by atoms with van der Waals surface area (Å²) in [6, 6.07) is 9.36. The van der Waals surface area contributed by atoms with Crippen molar-refractivity contribution < 1.29 is 9.90 Å². The average Bonchev–Trinajstić information content (AvgIpc) is 2.34. The molecule has 0 bridgehead atoms. The first kappa shape index (κ1) is 13.9. The molecule has 1 atom stereocenters. The van der Waals surface area contributed by atoms with Gasteiger partial charge in [-0.3, -0.25) is 4.79 Å². The Balaban J connectivity index is 2.29.